The first-order chi connectivity index (χ1) is 10.0. The van der Waals surface area contributed by atoms with Gasteiger partial charge in [-0.15, -0.1) is 0 Å². The second-order valence-corrected chi connectivity index (χ2v) is 5.40. The van der Waals surface area contributed by atoms with Crippen LogP contribution in [0.1, 0.15) is 21.5 Å². The lowest BCUT2D eigenvalue weighted by atomic mass is 10.1. The van der Waals surface area contributed by atoms with E-state index in [0.29, 0.717) is 27.9 Å². The van der Waals surface area contributed by atoms with E-state index in [1.807, 2.05) is 31.2 Å². The molecule has 1 N–H and O–H groups in total. The van der Waals surface area contributed by atoms with E-state index in [4.69, 9.17) is 27.9 Å². The number of methoxy groups -OCH3 is 1. The SMILES string of the molecule is COc1c(Cl)cc(C(=O)NCc2ccccc2C)cc1Cl. The first-order valence-electron chi connectivity index (χ1n) is 6.38. The normalized spacial score (nSPS) is 10.3. The summed E-state index contributed by atoms with van der Waals surface area (Å²) >= 11 is 12.1. The summed E-state index contributed by atoms with van der Waals surface area (Å²) < 4.78 is 5.06. The third-order valence-corrected chi connectivity index (χ3v) is 3.73. The zero-order chi connectivity index (χ0) is 15.4. The Morgan fingerprint density at radius 1 is 1.19 bits per heavy atom. The number of hydrogen-bond donors (Lipinski definition) is 1. The van der Waals surface area contributed by atoms with Crippen molar-refractivity contribution in [1.82, 2.24) is 5.32 Å². The summed E-state index contributed by atoms with van der Waals surface area (Å²) in [5.74, 6) is 0.137. The first kappa shape index (κ1) is 15.7. The summed E-state index contributed by atoms with van der Waals surface area (Å²) in [5, 5.41) is 3.47. The summed E-state index contributed by atoms with van der Waals surface area (Å²) in [6.07, 6.45) is 0. The van der Waals surface area contributed by atoms with Crippen LogP contribution >= 0.6 is 23.2 Å². The molecule has 0 aromatic heterocycles. The Hall–Kier alpha value is -1.71. The van der Waals surface area contributed by atoms with Gasteiger partial charge in [-0.1, -0.05) is 47.5 Å². The van der Waals surface area contributed by atoms with E-state index in [9.17, 15) is 4.79 Å². The Balaban J connectivity index is 2.13. The Bertz CT molecular complexity index is 648. The fraction of sp³-hybridized carbons (Fsp3) is 0.188. The van der Waals surface area contributed by atoms with Crippen molar-refractivity contribution in [3.63, 3.8) is 0 Å². The number of nitrogens with one attached hydrogen (secondary N) is 1. The number of amides is 1. The predicted molar refractivity (Wildman–Crippen MR) is 85.4 cm³/mol. The topological polar surface area (TPSA) is 38.3 Å². The molecule has 0 bridgehead atoms. The van der Waals surface area contributed by atoms with Crippen molar-refractivity contribution < 1.29 is 9.53 Å². The Morgan fingerprint density at radius 3 is 2.38 bits per heavy atom. The quantitative estimate of drug-likeness (QED) is 0.913. The molecule has 0 atom stereocenters. The Morgan fingerprint density at radius 2 is 1.81 bits per heavy atom. The number of carbonyl (C=O) groups excluding carboxylic acids is 1. The van der Waals surface area contributed by atoms with Crippen molar-refractivity contribution in [2.24, 2.45) is 0 Å². The third-order valence-electron chi connectivity index (χ3n) is 3.17. The van der Waals surface area contributed by atoms with Crippen LogP contribution in [0.15, 0.2) is 36.4 Å². The van der Waals surface area contributed by atoms with Crippen LogP contribution in [0.2, 0.25) is 10.0 Å². The standard InChI is InChI=1S/C16H15Cl2NO2/c1-10-5-3-4-6-11(10)9-19-16(20)12-7-13(17)15(21-2)14(18)8-12/h3-8H,9H2,1-2H3,(H,19,20). The molecular weight excluding hydrogens is 309 g/mol. The summed E-state index contributed by atoms with van der Waals surface area (Å²) in [6, 6.07) is 11.0. The molecule has 0 saturated heterocycles. The average Bonchev–Trinajstić information content (AvgIpc) is 2.45. The smallest absolute Gasteiger partial charge is 0.251 e. The molecular formula is C16H15Cl2NO2. The maximum atomic E-state index is 12.2. The highest BCUT2D eigenvalue weighted by molar-refractivity contribution is 6.37. The molecule has 0 fully saturated rings. The largest absolute Gasteiger partial charge is 0.494 e. The Labute approximate surface area is 133 Å². The number of halogens is 2. The van der Waals surface area contributed by atoms with E-state index in [1.165, 1.54) is 7.11 Å². The lowest BCUT2D eigenvalue weighted by Crippen LogP contribution is -2.23. The van der Waals surface area contributed by atoms with Crippen molar-refractivity contribution in [2.75, 3.05) is 7.11 Å². The lowest BCUT2D eigenvalue weighted by molar-refractivity contribution is 0.0951. The maximum Gasteiger partial charge on any atom is 0.251 e. The van der Waals surface area contributed by atoms with E-state index < -0.39 is 0 Å². The molecule has 2 aromatic carbocycles. The molecule has 2 rings (SSSR count). The fourth-order valence-electron chi connectivity index (χ4n) is 1.97. The molecule has 2 aromatic rings. The molecule has 0 saturated carbocycles. The predicted octanol–water partition coefficient (Wildman–Crippen LogP) is 4.24. The second-order valence-electron chi connectivity index (χ2n) is 4.58. The van der Waals surface area contributed by atoms with Gasteiger partial charge in [0.25, 0.3) is 5.91 Å². The van der Waals surface area contributed by atoms with Crippen molar-refractivity contribution in [3.05, 3.63) is 63.1 Å². The number of rotatable bonds is 4. The van der Waals surface area contributed by atoms with Crippen LogP contribution in [0, 0.1) is 6.92 Å². The second kappa shape index (κ2) is 6.83. The minimum Gasteiger partial charge on any atom is -0.494 e. The van der Waals surface area contributed by atoms with Gasteiger partial charge in [-0.25, -0.2) is 0 Å². The number of aryl methyl sites for hydroxylation is 1. The number of benzene rings is 2. The molecule has 0 spiro atoms. The molecule has 0 aliphatic carbocycles. The van der Waals surface area contributed by atoms with E-state index in [1.54, 1.807) is 12.1 Å². The minimum absolute atomic E-state index is 0.232. The van der Waals surface area contributed by atoms with Crippen molar-refractivity contribution in [1.29, 1.82) is 0 Å². The van der Waals surface area contributed by atoms with Gasteiger partial charge >= 0.3 is 0 Å². The molecule has 0 radical (unpaired) electrons. The van der Waals surface area contributed by atoms with Crippen molar-refractivity contribution in [3.8, 4) is 5.75 Å². The van der Waals surface area contributed by atoms with Crippen LogP contribution in [0.3, 0.4) is 0 Å². The molecule has 5 heteroatoms. The molecule has 1 amide bonds. The lowest BCUT2D eigenvalue weighted by Gasteiger charge is -2.10. The maximum absolute atomic E-state index is 12.2. The Kier molecular flexibility index (Phi) is 5.10. The van der Waals surface area contributed by atoms with Crippen LogP contribution in [-0.4, -0.2) is 13.0 Å². The van der Waals surface area contributed by atoms with E-state index in [0.717, 1.165) is 11.1 Å². The van der Waals surface area contributed by atoms with Gasteiger partial charge < -0.3 is 10.1 Å². The van der Waals surface area contributed by atoms with Crippen LogP contribution < -0.4 is 10.1 Å². The van der Waals surface area contributed by atoms with E-state index >= 15 is 0 Å². The van der Waals surface area contributed by atoms with Crippen LogP contribution in [0.25, 0.3) is 0 Å². The van der Waals surface area contributed by atoms with Crippen molar-refractivity contribution in [2.45, 2.75) is 13.5 Å². The zero-order valence-corrected chi connectivity index (χ0v) is 13.3. The molecule has 21 heavy (non-hydrogen) atoms. The van der Waals surface area contributed by atoms with Gasteiger partial charge in [-0.2, -0.15) is 0 Å². The highest BCUT2D eigenvalue weighted by Gasteiger charge is 2.13. The summed E-state index contributed by atoms with van der Waals surface area (Å²) in [4.78, 5) is 12.2. The first-order valence-corrected chi connectivity index (χ1v) is 7.14. The minimum atomic E-state index is -0.232. The van der Waals surface area contributed by atoms with Crippen LogP contribution in [0.4, 0.5) is 0 Å². The van der Waals surface area contributed by atoms with Gasteiger partial charge in [0.15, 0.2) is 5.75 Å². The highest BCUT2D eigenvalue weighted by atomic mass is 35.5. The molecule has 0 aliphatic heterocycles. The number of ether oxygens (including phenoxy) is 1. The zero-order valence-electron chi connectivity index (χ0n) is 11.7. The van der Waals surface area contributed by atoms with Gasteiger partial charge in [-0.3, -0.25) is 4.79 Å². The molecule has 0 heterocycles. The molecule has 110 valence electrons. The van der Waals surface area contributed by atoms with Gasteiger partial charge in [0.1, 0.15) is 0 Å². The van der Waals surface area contributed by atoms with Gasteiger partial charge in [0.2, 0.25) is 0 Å². The van der Waals surface area contributed by atoms with E-state index in [-0.39, 0.29) is 5.91 Å². The third kappa shape index (κ3) is 3.69. The average molecular weight is 324 g/mol. The summed E-state index contributed by atoms with van der Waals surface area (Å²) in [5.41, 5.74) is 2.60. The van der Waals surface area contributed by atoms with Gasteiger partial charge in [0, 0.05) is 12.1 Å². The summed E-state index contributed by atoms with van der Waals surface area (Å²) in [6.45, 7) is 2.45. The van der Waals surface area contributed by atoms with Gasteiger partial charge in [0.05, 0.1) is 17.2 Å². The van der Waals surface area contributed by atoms with Crippen LogP contribution in [0.5, 0.6) is 5.75 Å². The number of hydrogen-bond acceptors (Lipinski definition) is 2. The van der Waals surface area contributed by atoms with Crippen LogP contribution in [-0.2, 0) is 6.54 Å². The highest BCUT2D eigenvalue weighted by Crippen LogP contribution is 2.33. The molecule has 3 nitrogen and oxygen atoms in total. The van der Waals surface area contributed by atoms with Gasteiger partial charge in [-0.05, 0) is 30.2 Å². The summed E-state index contributed by atoms with van der Waals surface area (Å²) in [7, 11) is 1.48. The molecule has 0 unspecified atom stereocenters. The van der Waals surface area contributed by atoms with Crippen molar-refractivity contribution >= 4 is 29.1 Å². The monoisotopic (exact) mass is 323 g/mol. The fourth-order valence-corrected chi connectivity index (χ4v) is 2.61. The number of carbonyl (C=O) groups is 1. The van der Waals surface area contributed by atoms with E-state index in [2.05, 4.69) is 5.32 Å². The molecule has 0 aliphatic rings.